The minimum atomic E-state index is -0.706. The van der Waals surface area contributed by atoms with E-state index in [1.807, 2.05) is 13.0 Å². The predicted octanol–water partition coefficient (Wildman–Crippen LogP) is 0.0260. The van der Waals surface area contributed by atoms with E-state index in [1.54, 1.807) is 6.20 Å². The van der Waals surface area contributed by atoms with Crippen molar-refractivity contribution in [3.63, 3.8) is 0 Å². The van der Waals surface area contributed by atoms with Gasteiger partial charge >= 0.3 is 0 Å². The van der Waals surface area contributed by atoms with Gasteiger partial charge in [-0.1, -0.05) is 0 Å². The van der Waals surface area contributed by atoms with Crippen LogP contribution < -0.4 is 5.32 Å². The number of aryl methyl sites for hydroxylation is 1. The molecule has 5 nitrogen and oxygen atoms in total. The Morgan fingerprint density at radius 2 is 2.50 bits per heavy atom. The molecule has 0 bridgehead atoms. The normalized spacial score (nSPS) is 24.9. The van der Waals surface area contributed by atoms with Gasteiger partial charge in [0, 0.05) is 32.3 Å². The van der Waals surface area contributed by atoms with Crippen LogP contribution in [0.15, 0.2) is 12.3 Å². The van der Waals surface area contributed by atoms with Gasteiger partial charge < -0.3 is 15.2 Å². The van der Waals surface area contributed by atoms with Crippen molar-refractivity contribution in [3.05, 3.63) is 23.8 Å². The first kappa shape index (κ1) is 11.4. The van der Waals surface area contributed by atoms with Crippen LogP contribution in [0.25, 0.3) is 0 Å². The van der Waals surface area contributed by atoms with Crippen molar-refractivity contribution in [2.24, 2.45) is 0 Å². The number of ether oxygens (including phenoxy) is 1. The molecule has 1 atom stereocenters. The van der Waals surface area contributed by atoms with Gasteiger partial charge in [0.15, 0.2) is 0 Å². The highest BCUT2D eigenvalue weighted by Gasteiger charge is 2.31. The SMILES string of the molecule is Cc1nccc(CNCC2(O)CCOC2)n1. The summed E-state index contributed by atoms with van der Waals surface area (Å²) in [4.78, 5) is 8.30. The summed E-state index contributed by atoms with van der Waals surface area (Å²) in [6.45, 7) is 4.11. The zero-order chi connectivity index (χ0) is 11.4. The Kier molecular flexibility index (Phi) is 3.48. The first-order valence-electron chi connectivity index (χ1n) is 5.47. The molecule has 0 spiro atoms. The number of nitrogens with zero attached hydrogens (tertiary/aromatic N) is 2. The van der Waals surface area contributed by atoms with Gasteiger partial charge in [0.25, 0.3) is 0 Å². The Morgan fingerprint density at radius 1 is 1.62 bits per heavy atom. The molecule has 88 valence electrons. The fourth-order valence-corrected chi connectivity index (χ4v) is 1.76. The van der Waals surface area contributed by atoms with E-state index >= 15 is 0 Å². The third-order valence-electron chi connectivity index (χ3n) is 2.68. The molecule has 5 heteroatoms. The molecule has 0 aliphatic carbocycles. The van der Waals surface area contributed by atoms with E-state index in [-0.39, 0.29) is 0 Å². The van der Waals surface area contributed by atoms with Crippen molar-refractivity contribution in [2.75, 3.05) is 19.8 Å². The molecule has 1 aromatic heterocycles. The third-order valence-corrected chi connectivity index (χ3v) is 2.68. The van der Waals surface area contributed by atoms with Gasteiger partial charge in [0.05, 0.1) is 12.3 Å². The molecule has 0 saturated carbocycles. The number of hydrogen-bond donors (Lipinski definition) is 2. The van der Waals surface area contributed by atoms with E-state index in [1.165, 1.54) is 0 Å². The van der Waals surface area contributed by atoms with Crippen molar-refractivity contribution >= 4 is 0 Å². The van der Waals surface area contributed by atoms with E-state index in [0.29, 0.717) is 32.7 Å². The summed E-state index contributed by atoms with van der Waals surface area (Å²) < 4.78 is 5.17. The van der Waals surface area contributed by atoms with Gasteiger partial charge in [-0.2, -0.15) is 0 Å². The summed E-state index contributed by atoms with van der Waals surface area (Å²) in [6, 6.07) is 1.87. The van der Waals surface area contributed by atoms with Crippen molar-refractivity contribution in [3.8, 4) is 0 Å². The summed E-state index contributed by atoms with van der Waals surface area (Å²) in [7, 11) is 0. The molecular weight excluding hydrogens is 206 g/mol. The minimum absolute atomic E-state index is 0.419. The molecule has 0 aromatic carbocycles. The van der Waals surface area contributed by atoms with Gasteiger partial charge in [-0.25, -0.2) is 9.97 Å². The Hall–Kier alpha value is -1.04. The molecule has 16 heavy (non-hydrogen) atoms. The highest BCUT2D eigenvalue weighted by molar-refractivity contribution is 5.01. The lowest BCUT2D eigenvalue weighted by atomic mass is 10.0. The summed E-state index contributed by atoms with van der Waals surface area (Å²) in [5, 5.41) is 13.2. The van der Waals surface area contributed by atoms with E-state index < -0.39 is 5.60 Å². The Labute approximate surface area is 94.9 Å². The zero-order valence-electron chi connectivity index (χ0n) is 9.44. The van der Waals surface area contributed by atoms with Crippen LogP contribution in [-0.2, 0) is 11.3 Å². The second-order valence-corrected chi connectivity index (χ2v) is 4.23. The van der Waals surface area contributed by atoms with Crippen LogP contribution in [0, 0.1) is 6.92 Å². The van der Waals surface area contributed by atoms with Crippen LogP contribution in [-0.4, -0.2) is 40.4 Å². The molecule has 1 aliphatic heterocycles. The molecule has 2 rings (SSSR count). The molecule has 2 N–H and O–H groups in total. The van der Waals surface area contributed by atoms with Crippen LogP contribution in [0.4, 0.5) is 0 Å². The quantitative estimate of drug-likeness (QED) is 0.753. The lowest BCUT2D eigenvalue weighted by Crippen LogP contribution is -2.40. The average Bonchev–Trinajstić information content (AvgIpc) is 2.65. The summed E-state index contributed by atoms with van der Waals surface area (Å²) in [6.07, 6.45) is 2.44. The fourth-order valence-electron chi connectivity index (χ4n) is 1.76. The standard InChI is InChI=1S/C11H17N3O2/c1-9-13-4-2-10(14-9)6-12-7-11(15)3-5-16-8-11/h2,4,12,15H,3,5-8H2,1H3. The Balaban J connectivity index is 1.79. The summed E-state index contributed by atoms with van der Waals surface area (Å²) in [5.41, 5.74) is 0.234. The first-order chi connectivity index (χ1) is 7.68. The minimum Gasteiger partial charge on any atom is -0.386 e. The van der Waals surface area contributed by atoms with Crippen molar-refractivity contribution < 1.29 is 9.84 Å². The van der Waals surface area contributed by atoms with Gasteiger partial charge in [-0.3, -0.25) is 0 Å². The maximum Gasteiger partial charge on any atom is 0.125 e. The predicted molar refractivity (Wildman–Crippen MR) is 58.9 cm³/mol. The van der Waals surface area contributed by atoms with E-state index in [9.17, 15) is 5.11 Å². The second-order valence-electron chi connectivity index (χ2n) is 4.23. The second kappa shape index (κ2) is 4.86. The largest absolute Gasteiger partial charge is 0.386 e. The molecule has 0 amide bonds. The number of rotatable bonds is 4. The third kappa shape index (κ3) is 2.98. The fraction of sp³-hybridized carbons (Fsp3) is 0.636. The van der Waals surface area contributed by atoms with Crippen molar-refractivity contribution in [1.82, 2.24) is 15.3 Å². The first-order valence-corrected chi connectivity index (χ1v) is 5.47. The molecule has 1 aliphatic rings. The molecule has 2 heterocycles. The highest BCUT2D eigenvalue weighted by Crippen LogP contribution is 2.16. The van der Waals surface area contributed by atoms with Crippen molar-refractivity contribution in [2.45, 2.75) is 25.5 Å². The van der Waals surface area contributed by atoms with Gasteiger partial charge in [-0.15, -0.1) is 0 Å². The molecule has 1 unspecified atom stereocenters. The molecule has 1 aromatic rings. The van der Waals surface area contributed by atoms with E-state index in [2.05, 4.69) is 15.3 Å². The zero-order valence-corrected chi connectivity index (χ0v) is 9.44. The summed E-state index contributed by atoms with van der Waals surface area (Å²) in [5.74, 6) is 0.766. The van der Waals surface area contributed by atoms with Crippen LogP contribution >= 0.6 is 0 Å². The van der Waals surface area contributed by atoms with Crippen molar-refractivity contribution in [1.29, 1.82) is 0 Å². The van der Waals surface area contributed by atoms with Gasteiger partial charge in [0.1, 0.15) is 11.4 Å². The highest BCUT2D eigenvalue weighted by atomic mass is 16.5. The van der Waals surface area contributed by atoms with Crippen LogP contribution in [0.1, 0.15) is 17.9 Å². The van der Waals surface area contributed by atoms with E-state index in [4.69, 9.17) is 4.74 Å². The number of nitrogens with one attached hydrogen (secondary N) is 1. The average molecular weight is 223 g/mol. The number of aromatic nitrogens is 2. The smallest absolute Gasteiger partial charge is 0.125 e. The Morgan fingerprint density at radius 3 is 3.19 bits per heavy atom. The summed E-state index contributed by atoms with van der Waals surface area (Å²) >= 11 is 0. The maximum absolute atomic E-state index is 10.0. The molecule has 1 saturated heterocycles. The lowest BCUT2D eigenvalue weighted by Gasteiger charge is -2.20. The maximum atomic E-state index is 10.0. The van der Waals surface area contributed by atoms with Crippen LogP contribution in [0.5, 0.6) is 0 Å². The number of hydrogen-bond acceptors (Lipinski definition) is 5. The monoisotopic (exact) mass is 223 g/mol. The molecule has 1 fully saturated rings. The lowest BCUT2D eigenvalue weighted by molar-refractivity contribution is 0.0268. The van der Waals surface area contributed by atoms with Crippen LogP contribution in [0.2, 0.25) is 0 Å². The Bertz CT molecular complexity index is 351. The number of aliphatic hydroxyl groups is 1. The molecular formula is C11H17N3O2. The van der Waals surface area contributed by atoms with Gasteiger partial charge in [-0.05, 0) is 13.0 Å². The molecule has 0 radical (unpaired) electrons. The van der Waals surface area contributed by atoms with Gasteiger partial charge in [0.2, 0.25) is 0 Å². The van der Waals surface area contributed by atoms with Crippen LogP contribution in [0.3, 0.4) is 0 Å². The van der Waals surface area contributed by atoms with E-state index in [0.717, 1.165) is 11.5 Å². The topological polar surface area (TPSA) is 67.3 Å².